The second-order valence-electron chi connectivity index (χ2n) is 5.91. The molecule has 1 aliphatic rings. The van der Waals surface area contributed by atoms with Crippen molar-refractivity contribution in [1.82, 2.24) is 15.3 Å². The molecule has 5 heteroatoms. The van der Waals surface area contributed by atoms with Crippen molar-refractivity contribution in [3.63, 3.8) is 0 Å². The van der Waals surface area contributed by atoms with Crippen LogP contribution in [-0.2, 0) is 6.54 Å². The Bertz CT molecular complexity index is 405. The second kappa shape index (κ2) is 7.27. The van der Waals surface area contributed by atoms with Gasteiger partial charge in [0.25, 0.3) is 0 Å². The minimum absolute atomic E-state index is 0.374. The van der Waals surface area contributed by atoms with Crippen LogP contribution in [0.3, 0.4) is 0 Å². The van der Waals surface area contributed by atoms with Crippen LogP contribution in [0.4, 0.5) is 5.95 Å². The highest BCUT2D eigenvalue weighted by atomic mass is 32.2. The van der Waals surface area contributed by atoms with E-state index < -0.39 is 0 Å². The van der Waals surface area contributed by atoms with Gasteiger partial charge in [-0.25, -0.2) is 9.97 Å². The zero-order chi connectivity index (χ0) is 14.4. The number of nitrogens with one attached hydrogen (secondary N) is 1. The Balaban J connectivity index is 1.92. The molecule has 2 rings (SSSR count). The minimum Gasteiger partial charge on any atom is -0.340 e. The number of thioether (sulfide) groups is 1. The zero-order valence-electron chi connectivity index (χ0n) is 12.9. The highest BCUT2D eigenvalue weighted by Crippen LogP contribution is 2.31. The maximum Gasteiger partial charge on any atom is 0.225 e. The molecule has 0 unspecified atom stereocenters. The Kier molecular flexibility index (Phi) is 5.66. The van der Waals surface area contributed by atoms with Crippen LogP contribution in [-0.4, -0.2) is 40.1 Å². The molecule has 2 heterocycles. The lowest BCUT2D eigenvalue weighted by molar-refractivity contribution is 0.630. The van der Waals surface area contributed by atoms with Gasteiger partial charge in [-0.2, -0.15) is 11.8 Å². The van der Waals surface area contributed by atoms with Crippen molar-refractivity contribution in [2.75, 3.05) is 30.3 Å². The Morgan fingerprint density at radius 2 is 2.05 bits per heavy atom. The number of anilines is 1. The zero-order valence-corrected chi connectivity index (χ0v) is 13.7. The molecule has 0 radical (unpaired) electrons. The second-order valence-corrected chi connectivity index (χ2v) is 7.72. The molecule has 20 heavy (non-hydrogen) atoms. The van der Waals surface area contributed by atoms with Crippen molar-refractivity contribution in [2.24, 2.45) is 0 Å². The van der Waals surface area contributed by atoms with Crippen molar-refractivity contribution in [3.05, 3.63) is 18.0 Å². The number of hydrogen-bond donors (Lipinski definition) is 1. The van der Waals surface area contributed by atoms with Crippen LogP contribution >= 0.6 is 11.8 Å². The quantitative estimate of drug-likeness (QED) is 0.846. The van der Waals surface area contributed by atoms with Crippen LogP contribution in [0.25, 0.3) is 0 Å². The first-order valence-corrected chi connectivity index (χ1v) is 8.50. The Morgan fingerprint density at radius 1 is 1.30 bits per heavy atom. The summed E-state index contributed by atoms with van der Waals surface area (Å²) >= 11 is 2.05. The molecule has 4 nitrogen and oxygen atoms in total. The van der Waals surface area contributed by atoms with Gasteiger partial charge in [0.05, 0.1) is 0 Å². The van der Waals surface area contributed by atoms with Crippen molar-refractivity contribution >= 4 is 17.7 Å². The van der Waals surface area contributed by atoms with Crippen molar-refractivity contribution in [1.29, 1.82) is 0 Å². The summed E-state index contributed by atoms with van der Waals surface area (Å²) in [6.45, 7) is 10.8. The normalized spacial score (nSPS) is 18.9. The smallest absolute Gasteiger partial charge is 0.225 e. The molecular weight excluding hydrogens is 268 g/mol. The van der Waals surface area contributed by atoms with Gasteiger partial charge in [0, 0.05) is 48.1 Å². The van der Waals surface area contributed by atoms with Gasteiger partial charge in [-0.05, 0) is 19.4 Å². The fraction of sp³-hybridized carbons (Fsp3) is 0.733. The summed E-state index contributed by atoms with van der Waals surface area (Å²) in [4.78, 5) is 11.4. The van der Waals surface area contributed by atoms with E-state index in [2.05, 4.69) is 41.0 Å². The standard InChI is InChI=1S/C15H26N4S/c1-4-6-16-10-13-11-17-14(18-12-13)19-7-5-15(2,3)20-9-8-19/h11-12,16H,4-10H2,1-3H3. The lowest BCUT2D eigenvalue weighted by Gasteiger charge is -2.22. The first kappa shape index (κ1) is 15.6. The van der Waals surface area contributed by atoms with E-state index in [1.54, 1.807) is 0 Å². The van der Waals surface area contributed by atoms with Gasteiger partial charge in [-0.1, -0.05) is 20.8 Å². The Hall–Kier alpha value is -0.810. The Morgan fingerprint density at radius 3 is 2.75 bits per heavy atom. The molecule has 112 valence electrons. The van der Waals surface area contributed by atoms with Crippen LogP contribution in [0.5, 0.6) is 0 Å². The molecule has 1 aromatic rings. The molecule has 0 bridgehead atoms. The highest BCUT2D eigenvalue weighted by Gasteiger charge is 2.24. The molecule has 0 saturated carbocycles. The molecule has 0 aliphatic carbocycles. The predicted octanol–water partition coefficient (Wildman–Crippen LogP) is 2.70. The summed E-state index contributed by atoms with van der Waals surface area (Å²) in [5.41, 5.74) is 1.16. The Labute approximate surface area is 126 Å². The molecule has 1 N–H and O–H groups in total. The summed E-state index contributed by atoms with van der Waals surface area (Å²) < 4.78 is 0.374. The highest BCUT2D eigenvalue weighted by molar-refractivity contribution is 8.00. The average molecular weight is 294 g/mol. The van der Waals surface area contributed by atoms with Gasteiger partial charge in [0.2, 0.25) is 5.95 Å². The lowest BCUT2D eigenvalue weighted by atomic mass is 10.1. The molecular formula is C15H26N4S. The summed E-state index contributed by atoms with van der Waals surface area (Å²) in [7, 11) is 0. The van der Waals surface area contributed by atoms with Gasteiger partial charge in [0.15, 0.2) is 0 Å². The third kappa shape index (κ3) is 4.63. The summed E-state index contributed by atoms with van der Waals surface area (Å²) in [5, 5.41) is 3.37. The monoisotopic (exact) mass is 294 g/mol. The average Bonchev–Trinajstić information content (AvgIpc) is 2.61. The molecule has 0 aromatic carbocycles. The van der Waals surface area contributed by atoms with E-state index in [0.717, 1.165) is 49.9 Å². The largest absolute Gasteiger partial charge is 0.340 e. The third-order valence-corrected chi connectivity index (χ3v) is 4.94. The van der Waals surface area contributed by atoms with E-state index in [9.17, 15) is 0 Å². The summed E-state index contributed by atoms with van der Waals surface area (Å²) in [5.74, 6) is 2.03. The van der Waals surface area contributed by atoms with Crippen LogP contribution in [0.15, 0.2) is 12.4 Å². The van der Waals surface area contributed by atoms with Crippen molar-refractivity contribution in [3.8, 4) is 0 Å². The van der Waals surface area contributed by atoms with Crippen molar-refractivity contribution < 1.29 is 0 Å². The van der Waals surface area contributed by atoms with E-state index in [1.165, 1.54) is 6.42 Å². The third-order valence-electron chi connectivity index (χ3n) is 3.57. The fourth-order valence-corrected chi connectivity index (χ4v) is 3.33. The summed E-state index contributed by atoms with van der Waals surface area (Å²) in [6.07, 6.45) is 6.24. The fourth-order valence-electron chi connectivity index (χ4n) is 2.23. The maximum absolute atomic E-state index is 4.54. The van der Waals surface area contributed by atoms with E-state index in [1.807, 2.05) is 24.2 Å². The number of nitrogens with zero attached hydrogens (tertiary/aromatic N) is 3. The SMILES string of the molecule is CCCNCc1cnc(N2CCSC(C)(C)CC2)nc1. The van der Waals surface area contributed by atoms with Crippen LogP contribution in [0.1, 0.15) is 39.2 Å². The molecule has 0 spiro atoms. The van der Waals surface area contributed by atoms with Crippen LogP contribution in [0, 0.1) is 0 Å². The minimum atomic E-state index is 0.374. The van der Waals surface area contributed by atoms with E-state index >= 15 is 0 Å². The topological polar surface area (TPSA) is 41.1 Å². The van der Waals surface area contributed by atoms with Gasteiger partial charge < -0.3 is 10.2 Å². The molecule has 0 atom stereocenters. The van der Waals surface area contributed by atoms with Gasteiger partial charge >= 0.3 is 0 Å². The molecule has 1 fully saturated rings. The van der Waals surface area contributed by atoms with E-state index in [0.29, 0.717) is 4.75 Å². The summed E-state index contributed by atoms with van der Waals surface area (Å²) in [6, 6.07) is 0. The van der Waals surface area contributed by atoms with Gasteiger partial charge in [-0.15, -0.1) is 0 Å². The van der Waals surface area contributed by atoms with Crippen LogP contribution in [0.2, 0.25) is 0 Å². The first-order valence-electron chi connectivity index (χ1n) is 7.51. The molecule has 1 aliphatic heterocycles. The maximum atomic E-state index is 4.54. The first-order chi connectivity index (χ1) is 9.61. The van der Waals surface area contributed by atoms with E-state index in [4.69, 9.17) is 0 Å². The molecule has 1 aromatic heterocycles. The van der Waals surface area contributed by atoms with Crippen LogP contribution < -0.4 is 10.2 Å². The number of rotatable bonds is 5. The van der Waals surface area contributed by atoms with E-state index in [-0.39, 0.29) is 0 Å². The van der Waals surface area contributed by atoms with Crippen molar-refractivity contribution in [2.45, 2.75) is 44.9 Å². The van der Waals surface area contributed by atoms with Gasteiger partial charge in [0.1, 0.15) is 0 Å². The number of hydrogen-bond acceptors (Lipinski definition) is 5. The number of aromatic nitrogens is 2. The van der Waals surface area contributed by atoms with Gasteiger partial charge in [-0.3, -0.25) is 0 Å². The molecule has 1 saturated heterocycles. The predicted molar refractivity (Wildman–Crippen MR) is 87.4 cm³/mol. The molecule has 0 amide bonds. The lowest BCUT2D eigenvalue weighted by Crippen LogP contribution is -2.28.